The van der Waals surface area contributed by atoms with Crippen molar-refractivity contribution in [2.45, 2.75) is 117 Å². The summed E-state index contributed by atoms with van der Waals surface area (Å²) in [7, 11) is 0. The number of para-hydroxylation sites is 2. The first kappa shape index (κ1) is 29.9. The fourth-order valence-corrected chi connectivity index (χ4v) is 4.29. The van der Waals surface area contributed by atoms with E-state index >= 15 is 0 Å². The summed E-state index contributed by atoms with van der Waals surface area (Å²) >= 11 is 0. The van der Waals surface area contributed by atoms with Gasteiger partial charge >= 0.3 is 5.97 Å². The number of carbonyl (C=O) groups excluding carboxylic acids is 1. The number of ether oxygens (including phenoxy) is 3. The van der Waals surface area contributed by atoms with Crippen LogP contribution in [-0.2, 0) is 4.74 Å². The quantitative estimate of drug-likeness (QED) is 0.110. The van der Waals surface area contributed by atoms with Gasteiger partial charge in [-0.1, -0.05) is 103 Å². The predicted molar refractivity (Wildman–Crippen MR) is 149 cm³/mol. The lowest BCUT2D eigenvalue weighted by Gasteiger charge is -2.20. The third-order valence-corrected chi connectivity index (χ3v) is 6.57. The Hall–Kier alpha value is -2.33. The van der Waals surface area contributed by atoms with Crippen LogP contribution in [0.4, 0.5) is 0 Å². The minimum Gasteiger partial charge on any atom is -0.487 e. The molecule has 4 heteroatoms. The van der Waals surface area contributed by atoms with E-state index in [1.54, 1.807) is 6.07 Å². The van der Waals surface area contributed by atoms with Gasteiger partial charge in [0.15, 0.2) is 11.5 Å². The summed E-state index contributed by atoms with van der Waals surface area (Å²) in [5.41, 5.74) is 1.58. The maximum atomic E-state index is 12.9. The van der Waals surface area contributed by atoms with Crippen LogP contribution in [0.5, 0.6) is 11.5 Å². The summed E-state index contributed by atoms with van der Waals surface area (Å²) in [5, 5.41) is 0. The Morgan fingerprint density at radius 1 is 0.722 bits per heavy atom. The van der Waals surface area contributed by atoms with Crippen LogP contribution in [-0.4, -0.2) is 18.7 Å². The Balaban J connectivity index is 1.86. The first-order valence-electron chi connectivity index (χ1n) is 14.3. The molecule has 0 saturated heterocycles. The van der Waals surface area contributed by atoms with Crippen molar-refractivity contribution in [1.29, 1.82) is 0 Å². The SMILES string of the molecule is CCCCCCCCCOC(C)c1ccc(C(=O)Oc2ccccc2OC(CCC)CCCC)cc1. The third kappa shape index (κ3) is 11.2. The maximum absolute atomic E-state index is 12.9. The Labute approximate surface area is 219 Å². The molecule has 0 aromatic heterocycles. The number of carbonyl (C=O) groups is 1. The van der Waals surface area contributed by atoms with E-state index in [9.17, 15) is 4.79 Å². The predicted octanol–water partition coefficient (Wildman–Crippen LogP) is 9.47. The normalized spacial score (nSPS) is 12.8. The number of benzene rings is 2. The largest absolute Gasteiger partial charge is 0.487 e. The van der Waals surface area contributed by atoms with Crippen LogP contribution in [0.25, 0.3) is 0 Å². The van der Waals surface area contributed by atoms with Crippen LogP contribution in [0.3, 0.4) is 0 Å². The molecular formula is C32H48O4. The van der Waals surface area contributed by atoms with Crippen LogP contribution in [0.15, 0.2) is 48.5 Å². The summed E-state index contributed by atoms with van der Waals surface area (Å²) in [5.74, 6) is 0.717. The molecule has 0 saturated carbocycles. The lowest BCUT2D eigenvalue weighted by molar-refractivity contribution is 0.0625. The van der Waals surface area contributed by atoms with Crippen molar-refractivity contribution in [3.63, 3.8) is 0 Å². The molecule has 2 unspecified atom stereocenters. The average molecular weight is 497 g/mol. The van der Waals surface area contributed by atoms with E-state index in [0.717, 1.165) is 50.7 Å². The Morgan fingerprint density at radius 2 is 1.36 bits per heavy atom. The van der Waals surface area contributed by atoms with Gasteiger partial charge in [-0.2, -0.15) is 0 Å². The zero-order valence-electron chi connectivity index (χ0n) is 23.1. The van der Waals surface area contributed by atoms with Crippen LogP contribution in [0.2, 0.25) is 0 Å². The van der Waals surface area contributed by atoms with Gasteiger partial charge in [-0.05, 0) is 56.0 Å². The minimum absolute atomic E-state index is 0.00269. The summed E-state index contributed by atoms with van der Waals surface area (Å²) in [6.45, 7) is 9.44. The van der Waals surface area contributed by atoms with E-state index in [1.165, 1.54) is 38.5 Å². The number of esters is 1. The van der Waals surface area contributed by atoms with E-state index in [4.69, 9.17) is 14.2 Å². The van der Waals surface area contributed by atoms with Gasteiger partial charge in [0.2, 0.25) is 0 Å². The van der Waals surface area contributed by atoms with E-state index in [2.05, 4.69) is 27.7 Å². The molecular weight excluding hydrogens is 448 g/mol. The van der Waals surface area contributed by atoms with Gasteiger partial charge in [-0.3, -0.25) is 0 Å². The highest BCUT2D eigenvalue weighted by Gasteiger charge is 2.16. The fraction of sp³-hybridized carbons (Fsp3) is 0.594. The molecule has 0 spiro atoms. The van der Waals surface area contributed by atoms with Gasteiger partial charge < -0.3 is 14.2 Å². The van der Waals surface area contributed by atoms with Gasteiger partial charge in [0, 0.05) is 6.61 Å². The smallest absolute Gasteiger partial charge is 0.343 e. The molecule has 2 aromatic carbocycles. The summed E-state index contributed by atoms with van der Waals surface area (Å²) in [6, 6.07) is 15.0. The summed E-state index contributed by atoms with van der Waals surface area (Å²) < 4.78 is 18.0. The molecule has 0 heterocycles. The van der Waals surface area contributed by atoms with Crippen LogP contribution in [0.1, 0.15) is 127 Å². The molecule has 4 nitrogen and oxygen atoms in total. The standard InChI is InChI=1S/C32H48O4/c1-5-8-10-11-12-13-16-25-34-26(4)27-21-23-28(24-22-27)32(33)36-31-20-15-14-19-30(31)35-29(17-7-3)18-9-6-2/h14-15,19-24,26,29H,5-13,16-18,25H2,1-4H3. The molecule has 2 rings (SSSR count). The molecule has 200 valence electrons. The summed E-state index contributed by atoms with van der Waals surface area (Å²) in [4.78, 5) is 12.9. The van der Waals surface area contributed by atoms with Crippen LogP contribution < -0.4 is 9.47 Å². The zero-order chi connectivity index (χ0) is 26.0. The molecule has 0 radical (unpaired) electrons. The lowest BCUT2D eigenvalue weighted by Crippen LogP contribution is -2.17. The number of hydrogen-bond donors (Lipinski definition) is 0. The Morgan fingerprint density at radius 3 is 2.03 bits per heavy atom. The average Bonchev–Trinajstić information content (AvgIpc) is 2.90. The molecule has 0 aliphatic rings. The van der Waals surface area contributed by atoms with E-state index in [-0.39, 0.29) is 18.2 Å². The highest BCUT2D eigenvalue weighted by Crippen LogP contribution is 2.30. The van der Waals surface area contributed by atoms with Gasteiger partial charge in [0.05, 0.1) is 17.8 Å². The molecule has 0 aliphatic carbocycles. The Kier molecular flexibility index (Phi) is 14.9. The van der Waals surface area contributed by atoms with Crippen molar-refractivity contribution in [1.82, 2.24) is 0 Å². The molecule has 0 bridgehead atoms. The molecule has 36 heavy (non-hydrogen) atoms. The highest BCUT2D eigenvalue weighted by molar-refractivity contribution is 5.91. The topological polar surface area (TPSA) is 44.8 Å². The van der Waals surface area contributed by atoms with Crippen molar-refractivity contribution in [2.75, 3.05) is 6.61 Å². The fourth-order valence-electron chi connectivity index (χ4n) is 4.29. The molecule has 0 fully saturated rings. The first-order chi connectivity index (χ1) is 17.6. The third-order valence-electron chi connectivity index (χ3n) is 6.57. The van der Waals surface area contributed by atoms with E-state index < -0.39 is 0 Å². The van der Waals surface area contributed by atoms with Crippen molar-refractivity contribution in [3.05, 3.63) is 59.7 Å². The van der Waals surface area contributed by atoms with Gasteiger partial charge in [0.25, 0.3) is 0 Å². The lowest BCUT2D eigenvalue weighted by atomic mass is 10.1. The Bertz CT molecular complexity index is 845. The number of hydrogen-bond acceptors (Lipinski definition) is 4. The second-order valence-corrected chi connectivity index (χ2v) is 9.76. The van der Waals surface area contributed by atoms with E-state index in [1.807, 2.05) is 42.5 Å². The monoisotopic (exact) mass is 496 g/mol. The molecule has 2 atom stereocenters. The molecule has 2 aromatic rings. The van der Waals surface area contributed by atoms with Crippen molar-refractivity contribution in [2.24, 2.45) is 0 Å². The zero-order valence-corrected chi connectivity index (χ0v) is 23.1. The minimum atomic E-state index is -0.380. The molecule has 0 N–H and O–H groups in total. The summed E-state index contributed by atoms with van der Waals surface area (Å²) in [6.07, 6.45) is 14.4. The second kappa shape index (κ2) is 18.0. The van der Waals surface area contributed by atoms with Crippen molar-refractivity contribution in [3.8, 4) is 11.5 Å². The van der Waals surface area contributed by atoms with Gasteiger partial charge in [-0.25, -0.2) is 4.79 Å². The van der Waals surface area contributed by atoms with Crippen LogP contribution in [0, 0.1) is 0 Å². The number of unbranched alkanes of at least 4 members (excludes halogenated alkanes) is 7. The highest BCUT2D eigenvalue weighted by atomic mass is 16.6. The van der Waals surface area contributed by atoms with E-state index in [0.29, 0.717) is 17.1 Å². The van der Waals surface area contributed by atoms with Crippen molar-refractivity contribution >= 4 is 5.97 Å². The molecule has 0 amide bonds. The second-order valence-electron chi connectivity index (χ2n) is 9.76. The van der Waals surface area contributed by atoms with Crippen LogP contribution >= 0.6 is 0 Å². The van der Waals surface area contributed by atoms with Crippen molar-refractivity contribution < 1.29 is 19.0 Å². The first-order valence-corrected chi connectivity index (χ1v) is 14.3. The van der Waals surface area contributed by atoms with Gasteiger partial charge in [0.1, 0.15) is 0 Å². The maximum Gasteiger partial charge on any atom is 0.343 e. The van der Waals surface area contributed by atoms with Gasteiger partial charge in [-0.15, -0.1) is 0 Å². The molecule has 0 aliphatic heterocycles. The number of rotatable bonds is 19.